The second-order valence-corrected chi connectivity index (χ2v) is 4.06. The molecule has 0 saturated carbocycles. The maximum absolute atomic E-state index is 5.73. The average Bonchev–Trinajstić information content (AvgIpc) is 2.63. The van der Waals surface area contributed by atoms with Gasteiger partial charge in [0.2, 0.25) is 0 Å². The summed E-state index contributed by atoms with van der Waals surface area (Å²) in [5.41, 5.74) is 0. The standard InChI is InChI=1S/C8H6ClNOS/c9-7-5-10-8(12-7)4-6-2-1-3-11-6/h1-3,5H,4H2. The largest absolute Gasteiger partial charge is 0.469 e. The molecule has 0 N–H and O–H groups in total. The Labute approximate surface area is 78.8 Å². The van der Waals surface area contributed by atoms with Crippen molar-refractivity contribution in [1.29, 1.82) is 0 Å². The average molecular weight is 200 g/mol. The molecule has 62 valence electrons. The molecular formula is C8H6ClNOS. The third-order valence-corrected chi connectivity index (χ3v) is 2.55. The molecule has 0 saturated heterocycles. The van der Waals surface area contributed by atoms with E-state index in [4.69, 9.17) is 16.0 Å². The highest BCUT2D eigenvalue weighted by atomic mass is 35.5. The van der Waals surface area contributed by atoms with Crippen molar-refractivity contribution in [3.63, 3.8) is 0 Å². The molecule has 4 heteroatoms. The molecule has 0 radical (unpaired) electrons. The first-order valence-corrected chi connectivity index (χ1v) is 4.66. The van der Waals surface area contributed by atoms with Crippen LogP contribution < -0.4 is 0 Å². The van der Waals surface area contributed by atoms with Crippen LogP contribution in [0.15, 0.2) is 29.0 Å². The van der Waals surface area contributed by atoms with Gasteiger partial charge in [0.25, 0.3) is 0 Å². The summed E-state index contributed by atoms with van der Waals surface area (Å²) in [5.74, 6) is 0.918. The molecule has 2 nitrogen and oxygen atoms in total. The molecule has 0 aliphatic carbocycles. The number of thiazole rings is 1. The van der Waals surface area contributed by atoms with Crippen LogP contribution in [0.2, 0.25) is 4.34 Å². The van der Waals surface area contributed by atoms with Crippen molar-refractivity contribution >= 4 is 22.9 Å². The Bertz CT molecular complexity index is 355. The van der Waals surface area contributed by atoms with E-state index in [2.05, 4.69) is 4.98 Å². The lowest BCUT2D eigenvalue weighted by molar-refractivity contribution is 0.520. The van der Waals surface area contributed by atoms with Gasteiger partial charge in [-0.25, -0.2) is 4.98 Å². The molecule has 0 amide bonds. The van der Waals surface area contributed by atoms with Crippen LogP contribution in [0, 0.1) is 0 Å². The molecule has 0 aromatic carbocycles. The highest BCUT2D eigenvalue weighted by molar-refractivity contribution is 7.15. The summed E-state index contributed by atoms with van der Waals surface area (Å²) in [5, 5.41) is 0.981. The van der Waals surface area contributed by atoms with E-state index >= 15 is 0 Å². The predicted molar refractivity (Wildman–Crippen MR) is 48.6 cm³/mol. The Balaban J connectivity index is 2.14. The Morgan fingerprint density at radius 3 is 3.08 bits per heavy atom. The van der Waals surface area contributed by atoms with Gasteiger partial charge < -0.3 is 4.42 Å². The summed E-state index contributed by atoms with van der Waals surface area (Å²) >= 11 is 7.21. The lowest BCUT2D eigenvalue weighted by atomic mass is 10.3. The van der Waals surface area contributed by atoms with Crippen LogP contribution in [0.25, 0.3) is 0 Å². The van der Waals surface area contributed by atoms with E-state index in [0.29, 0.717) is 0 Å². The summed E-state index contributed by atoms with van der Waals surface area (Å²) in [6, 6.07) is 3.79. The van der Waals surface area contributed by atoms with Crippen LogP contribution in [0.1, 0.15) is 10.8 Å². The van der Waals surface area contributed by atoms with Gasteiger partial charge in [-0.15, -0.1) is 11.3 Å². The minimum atomic E-state index is 0.719. The van der Waals surface area contributed by atoms with Crippen LogP contribution in [-0.2, 0) is 6.42 Å². The fourth-order valence-electron chi connectivity index (χ4n) is 0.932. The van der Waals surface area contributed by atoms with Gasteiger partial charge in [0, 0.05) is 0 Å². The number of rotatable bonds is 2. The van der Waals surface area contributed by atoms with Crippen LogP contribution in [0.3, 0.4) is 0 Å². The van der Waals surface area contributed by atoms with Crippen LogP contribution in [0.5, 0.6) is 0 Å². The smallest absolute Gasteiger partial charge is 0.113 e. The van der Waals surface area contributed by atoms with Crippen molar-refractivity contribution in [2.75, 3.05) is 0 Å². The lowest BCUT2D eigenvalue weighted by Gasteiger charge is -1.88. The van der Waals surface area contributed by atoms with E-state index in [0.717, 1.165) is 21.5 Å². The number of hydrogen-bond donors (Lipinski definition) is 0. The molecular weight excluding hydrogens is 194 g/mol. The molecule has 0 bridgehead atoms. The van der Waals surface area contributed by atoms with Gasteiger partial charge in [0.05, 0.1) is 18.9 Å². The molecule has 2 heterocycles. The van der Waals surface area contributed by atoms with Crippen molar-refractivity contribution < 1.29 is 4.42 Å². The van der Waals surface area contributed by atoms with Crippen molar-refractivity contribution in [3.05, 3.63) is 39.7 Å². The molecule has 2 rings (SSSR count). The minimum Gasteiger partial charge on any atom is -0.469 e. The van der Waals surface area contributed by atoms with Crippen molar-refractivity contribution in [2.45, 2.75) is 6.42 Å². The molecule has 0 atom stereocenters. The predicted octanol–water partition coefficient (Wildman–Crippen LogP) is 2.98. The molecule has 2 aromatic heterocycles. The molecule has 2 aromatic rings. The van der Waals surface area contributed by atoms with E-state index < -0.39 is 0 Å². The quantitative estimate of drug-likeness (QED) is 0.743. The van der Waals surface area contributed by atoms with Crippen molar-refractivity contribution in [3.8, 4) is 0 Å². The van der Waals surface area contributed by atoms with E-state index in [1.54, 1.807) is 12.5 Å². The van der Waals surface area contributed by atoms with Gasteiger partial charge in [-0.2, -0.15) is 0 Å². The summed E-state index contributed by atoms with van der Waals surface area (Å²) < 4.78 is 5.89. The van der Waals surface area contributed by atoms with Gasteiger partial charge in [-0.3, -0.25) is 0 Å². The van der Waals surface area contributed by atoms with Gasteiger partial charge in [-0.05, 0) is 12.1 Å². The van der Waals surface area contributed by atoms with Crippen molar-refractivity contribution in [2.24, 2.45) is 0 Å². The van der Waals surface area contributed by atoms with Crippen LogP contribution in [-0.4, -0.2) is 4.98 Å². The van der Waals surface area contributed by atoms with E-state index in [9.17, 15) is 0 Å². The van der Waals surface area contributed by atoms with Crippen LogP contribution >= 0.6 is 22.9 Å². The van der Waals surface area contributed by atoms with Gasteiger partial charge in [-0.1, -0.05) is 11.6 Å². The maximum Gasteiger partial charge on any atom is 0.113 e. The second kappa shape index (κ2) is 3.29. The van der Waals surface area contributed by atoms with E-state index in [1.165, 1.54) is 11.3 Å². The zero-order valence-electron chi connectivity index (χ0n) is 6.16. The van der Waals surface area contributed by atoms with Crippen LogP contribution in [0.4, 0.5) is 0 Å². The fraction of sp³-hybridized carbons (Fsp3) is 0.125. The Kier molecular flexibility index (Phi) is 2.15. The minimum absolute atomic E-state index is 0.719. The summed E-state index contributed by atoms with van der Waals surface area (Å²) in [4.78, 5) is 4.12. The topological polar surface area (TPSA) is 26.0 Å². The van der Waals surface area contributed by atoms with E-state index in [-0.39, 0.29) is 0 Å². The van der Waals surface area contributed by atoms with Crippen molar-refractivity contribution in [1.82, 2.24) is 4.98 Å². The van der Waals surface area contributed by atoms with Gasteiger partial charge in [0.1, 0.15) is 15.1 Å². The third-order valence-electron chi connectivity index (χ3n) is 1.43. The molecule has 0 aliphatic heterocycles. The Hall–Kier alpha value is -0.800. The monoisotopic (exact) mass is 199 g/mol. The second-order valence-electron chi connectivity index (χ2n) is 2.31. The fourth-order valence-corrected chi connectivity index (χ4v) is 1.90. The zero-order valence-corrected chi connectivity index (χ0v) is 7.73. The number of halogens is 1. The Morgan fingerprint density at radius 1 is 1.58 bits per heavy atom. The molecule has 0 spiro atoms. The highest BCUT2D eigenvalue weighted by Crippen LogP contribution is 2.20. The third kappa shape index (κ3) is 1.68. The molecule has 12 heavy (non-hydrogen) atoms. The maximum atomic E-state index is 5.73. The normalized spacial score (nSPS) is 10.4. The number of furan rings is 1. The summed E-state index contributed by atoms with van der Waals surface area (Å²) in [7, 11) is 0. The Morgan fingerprint density at radius 2 is 2.50 bits per heavy atom. The molecule has 0 unspecified atom stereocenters. The lowest BCUT2D eigenvalue weighted by Crippen LogP contribution is -1.81. The first kappa shape index (κ1) is 7.83. The van der Waals surface area contributed by atoms with Gasteiger partial charge in [0.15, 0.2) is 0 Å². The number of nitrogens with zero attached hydrogens (tertiary/aromatic N) is 1. The first-order chi connectivity index (χ1) is 5.84. The highest BCUT2D eigenvalue weighted by Gasteiger charge is 2.02. The molecule has 0 aliphatic rings. The SMILES string of the molecule is Clc1cnc(Cc2ccco2)s1. The summed E-state index contributed by atoms with van der Waals surface area (Å²) in [6.45, 7) is 0. The number of hydrogen-bond acceptors (Lipinski definition) is 3. The van der Waals surface area contributed by atoms with Gasteiger partial charge >= 0.3 is 0 Å². The summed E-state index contributed by atoms with van der Waals surface area (Å²) in [6.07, 6.45) is 4.04. The van der Waals surface area contributed by atoms with E-state index in [1.807, 2.05) is 12.1 Å². The zero-order chi connectivity index (χ0) is 8.39. The molecule has 0 fully saturated rings. The number of aromatic nitrogens is 1. The first-order valence-electron chi connectivity index (χ1n) is 3.47.